The van der Waals surface area contributed by atoms with Crippen molar-refractivity contribution in [3.63, 3.8) is 0 Å². The van der Waals surface area contributed by atoms with E-state index in [1.54, 1.807) is 0 Å². The lowest BCUT2D eigenvalue weighted by molar-refractivity contribution is -0.0499. The molecule has 0 unspecified atom stereocenters. The first-order valence-corrected chi connectivity index (χ1v) is 9.90. The first-order valence-electron chi connectivity index (χ1n) is 7.67. The number of hydrogen-bond donors (Lipinski definition) is 1. The first-order chi connectivity index (χ1) is 13.6. The monoisotopic (exact) mass is 443 g/mol. The zero-order chi connectivity index (χ0) is 21.0. The Labute approximate surface area is 163 Å². The van der Waals surface area contributed by atoms with Gasteiger partial charge in [-0.05, 0) is 24.3 Å². The van der Waals surface area contributed by atoms with Gasteiger partial charge in [-0.2, -0.15) is 21.6 Å². The van der Waals surface area contributed by atoms with E-state index in [2.05, 4.69) is 14.2 Å². The average Bonchev–Trinajstić information content (AvgIpc) is 3.02. The Kier molecular flexibility index (Phi) is 4.24. The Bertz CT molecular complexity index is 1410. The number of thiophene rings is 1. The molecule has 0 amide bonds. The Morgan fingerprint density at radius 3 is 2.45 bits per heavy atom. The quantitative estimate of drug-likeness (QED) is 0.383. The van der Waals surface area contributed by atoms with Gasteiger partial charge in [0.15, 0.2) is 5.75 Å². The molecule has 29 heavy (non-hydrogen) atoms. The van der Waals surface area contributed by atoms with E-state index in [0.717, 1.165) is 29.9 Å². The maximum atomic E-state index is 12.8. The minimum absolute atomic E-state index is 0.00503. The number of phenols is 1. The Balaban J connectivity index is 1.93. The molecule has 0 fully saturated rings. The molecule has 0 saturated carbocycles. The van der Waals surface area contributed by atoms with Crippen molar-refractivity contribution in [1.29, 1.82) is 0 Å². The van der Waals surface area contributed by atoms with Crippen LogP contribution < -0.4 is 9.74 Å². The van der Waals surface area contributed by atoms with E-state index in [1.165, 1.54) is 28.8 Å². The van der Waals surface area contributed by atoms with Gasteiger partial charge >= 0.3 is 15.6 Å². The van der Waals surface area contributed by atoms with Crippen molar-refractivity contribution in [3.05, 3.63) is 53.2 Å². The van der Waals surface area contributed by atoms with Crippen LogP contribution in [0.4, 0.5) is 13.2 Å². The molecule has 0 saturated heterocycles. The number of alkyl halides is 3. The molecule has 3 heterocycles. The second-order valence-electron chi connectivity index (χ2n) is 5.69. The van der Waals surface area contributed by atoms with Gasteiger partial charge in [0.25, 0.3) is 5.56 Å². The molecule has 0 atom stereocenters. The largest absolute Gasteiger partial charge is 0.534 e. The maximum absolute atomic E-state index is 12.8. The predicted molar refractivity (Wildman–Crippen MR) is 97.8 cm³/mol. The number of hydrogen-bond acceptors (Lipinski definition) is 8. The molecule has 3 aromatic heterocycles. The van der Waals surface area contributed by atoms with Gasteiger partial charge in [-0.25, -0.2) is 9.97 Å². The summed E-state index contributed by atoms with van der Waals surface area (Å²) in [6, 6.07) is 6.63. The maximum Gasteiger partial charge on any atom is 0.534 e. The van der Waals surface area contributed by atoms with Crippen LogP contribution in [0.5, 0.6) is 11.5 Å². The van der Waals surface area contributed by atoms with Crippen LogP contribution in [0.3, 0.4) is 0 Å². The molecular weight excluding hydrogens is 435 g/mol. The van der Waals surface area contributed by atoms with E-state index in [9.17, 15) is 31.5 Å². The number of halogens is 3. The summed E-state index contributed by atoms with van der Waals surface area (Å²) >= 11 is 0.836. The van der Waals surface area contributed by atoms with Crippen LogP contribution in [0, 0.1) is 0 Å². The van der Waals surface area contributed by atoms with E-state index in [-0.39, 0.29) is 26.2 Å². The molecule has 0 aliphatic rings. The van der Waals surface area contributed by atoms with Gasteiger partial charge in [0.1, 0.15) is 27.1 Å². The van der Waals surface area contributed by atoms with Crippen molar-refractivity contribution in [1.82, 2.24) is 14.5 Å². The number of nitrogens with zero attached hydrogens (tertiary/aromatic N) is 3. The summed E-state index contributed by atoms with van der Waals surface area (Å²) in [5, 5.41) is 9.25. The van der Waals surface area contributed by atoms with Crippen molar-refractivity contribution in [2.45, 2.75) is 5.51 Å². The third-order valence-electron chi connectivity index (χ3n) is 3.85. The van der Waals surface area contributed by atoms with Gasteiger partial charge in [-0.15, -0.1) is 11.3 Å². The molecule has 150 valence electrons. The number of phenolic OH excluding ortho intramolecular Hbond substituents is 1. The standard InChI is InChI=1S/C16H8F3N3O5S2/c17-16(18,19)29(25,26)27-10-5-6-20-14-11(10)12-13(28-14)15(24)22(7-21-12)8-1-3-9(23)4-2-8/h1-7,23H. The highest BCUT2D eigenvalue weighted by Crippen LogP contribution is 2.37. The lowest BCUT2D eigenvalue weighted by Crippen LogP contribution is -2.28. The summed E-state index contributed by atoms with van der Waals surface area (Å²) in [4.78, 5) is 21.0. The van der Waals surface area contributed by atoms with Gasteiger partial charge in [-0.1, -0.05) is 0 Å². The van der Waals surface area contributed by atoms with Crippen LogP contribution in [-0.2, 0) is 10.1 Å². The smallest absolute Gasteiger partial charge is 0.508 e. The van der Waals surface area contributed by atoms with Crippen LogP contribution in [0.25, 0.3) is 26.1 Å². The molecule has 8 nitrogen and oxygen atoms in total. The SMILES string of the molecule is O=c1c2sc3nccc(OS(=O)(=O)C(F)(F)F)c3c2ncn1-c1ccc(O)cc1. The second-order valence-corrected chi connectivity index (χ2v) is 8.23. The van der Waals surface area contributed by atoms with Crippen LogP contribution in [0.15, 0.2) is 47.7 Å². The number of aromatic hydroxyl groups is 1. The Morgan fingerprint density at radius 2 is 1.79 bits per heavy atom. The number of pyridine rings is 1. The van der Waals surface area contributed by atoms with E-state index >= 15 is 0 Å². The van der Waals surface area contributed by atoms with E-state index in [0.29, 0.717) is 5.69 Å². The van der Waals surface area contributed by atoms with Crippen molar-refractivity contribution in [3.8, 4) is 17.2 Å². The van der Waals surface area contributed by atoms with E-state index < -0.39 is 26.9 Å². The third kappa shape index (κ3) is 3.17. The summed E-state index contributed by atoms with van der Waals surface area (Å²) in [6.45, 7) is 0. The fraction of sp³-hybridized carbons (Fsp3) is 0.0625. The second kappa shape index (κ2) is 6.42. The van der Waals surface area contributed by atoms with Crippen molar-refractivity contribution in [2.24, 2.45) is 0 Å². The summed E-state index contributed by atoms with van der Waals surface area (Å²) < 4.78 is 66.3. The highest BCUT2D eigenvalue weighted by Gasteiger charge is 2.48. The van der Waals surface area contributed by atoms with Gasteiger partial charge < -0.3 is 9.29 Å². The van der Waals surface area contributed by atoms with Crippen molar-refractivity contribution in [2.75, 3.05) is 0 Å². The lowest BCUT2D eigenvalue weighted by Gasteiger charge is -2.10. The highest BCUT2D eigenvalue weighted by atomic mass is 32.2. The zero-order valence-electron chi connectivity index (χ0n) is 13.9. The number of fused-ring (bicyclic) bond motifs is 3. The van der Waals surface area contributed by atoms with E-state index in [1.807, 2.05) is 0 Å². The minimum Gasteiger partial charge on any atom is -0.508 e. The summed E-state index contributed by atoms with van der Waals surface area (Å²) in [7, 11) is -5.91. The Hall–Kier alpha value is -3.19. The first kappa shape index (κ1) is 19.1. The molecule has 1 aromatic carbocycles. The molecule has 0 bridgehead atoms. The van der Waals surface area contributed by atoms with Gasteiger partial charge in [0.2, 0.25) is 0 Å². The molecule has 0 aliphatic heterocycles. The summed E-state index contributed by atoms with van der Waals surface area (Å²) in [5.41, 5.74) is -5.81. The van der Waals surface area contributed by atoms with E-state index in [4.69, 9.17) is 0 Å². The predicted octanol–water partition coefficient (Wildman–Crippen LogP) is 2.93. The average molecular weight is 443 g/mol. The van der Waals surface area contributed by atoms with Crippen molar-refractivity contribution < 1.29 is 30.9 Å². The molecule has 1 N–H and O–H groups in total. The molecular formula is C16H8F3N3O5S2. The van der Waals surface area contributed by atoms with Gasteiger partial charge in [-0.3, -0.25) is 9.36 Å². The van der Waals surface area contributed by atoms with Gasteiger partial charge in [0, 0.05) is 12.3 Å². The number of benzene rings is 1. The number of aromatic nitrogens is 3. The Morgan fingerprint density at radius 1 is 1.10 bits per heavy atom. The molecule has 0 radical (unpaired) electrons. The molecule has 4 aromatic rings. The van der Waals surface area contributed by atoms with Crippen LogP contribution in [-0.4, -0.2) is 33.6 Å². The fourth-order valence-electron chi connectivity index (χ4n) is 2.56. The van der Waals surface area contributed by atoms with Crippen LogP contribution >= 0.6 is 11.3 Å². The topological polar surface area (TPSA) is 111 Å². The molecule has 13 heteroatoms. The normalized spacial score (nSPS) is 12.5. The number of rotatable bonds is 3. The molecule has 0 spiro atoms. The summed E-state index contributed by atoms with van der Waals surface area (Å²) in [5.74, 6) is -0.637. The van der Waals surface area contributed by atoms with Gasteiger partial charge in [0.05, 0.1) is 11.1 Å². The third-order valence-corrected chi connectivity index (χ3v) is 5.90. The van der Waals surface area contributed by atoms with Crippen LogP contribution in [0.2, 0.25) is 0 Å². The minimum atomic E-state index is -5.91. The van der Waals surface area contributed by atoms with Crippen LogP contribution in [0.1, 0.15) is 0 Å². The molecule has 0 aliphatic carbocycles. The lowest BCUT2D eigenvalue weighted by atomic mass is 10.2. The zero-order valence-corrected chi connectivity index (χ0v) is 15.5. The highest BCUT2D eigenvalue weighted by molar-refractivity contribution is 7.88. The van der Waals surface area contributed by atoms with Crippen molar-refractivity contribution >= 4 is 41.9 Å². The molecule has 4 rings (SSSR count). The fourth-order valence-corrected chi connectivity index (χ4v) is 4.07. The summed E-state index contributed by atoms with van der Waals surface area (Å²) in [6.07, 6.45) is 2.20.